The number of rotatable bonds is 2. The minimum atomic E-state index is -0.803. The molecular weight excluding hydrogens is 608 g/mol. The zero-order valence-electron chi connectivity index (χ0n) is 24.8. The zero-order valence-corrected chi connectivity index (χ0v) is 24.8. The van der Waals surface area contributed by atoms with E-state index in [1.807, 2.05) is 48.7 Å². The first kappa shape index (κ1) is 28.5. The van der Waals surface area contributed by atoms with Crippen LogP contribution in [0.15, 0.2) is 79.4 Å². The van der Waals surface area contributed by atoms with Crippen LogP contribution < -0.4 is 20.3 Å². The third kappa shape index (κ3) is 5.26. The maximum Gasteiger partial charge on any atom is 0.243 e. The molecule has 8 rings (SSSR count). The van der Waals surface area contributed by atoms with Gasteiger partial charge in [-0.25, -0.2) is 23.4 Å². The molecule has 0 aliphatic carbocycles. The molecule has 2 aliphatic rings. The van der Waals surface area contributed by atoms with Crippen molar-refractivity contribution in [2.24, 2.45) is 0 Å². The molecule has 3 aromatic heterocycles. The number of nitrogens with one attached hydrogen (secondary N) is 2. The summed E-state index contributed by atoms with van der Waals surface area (Å²) in [6, 6.07) is 16.1. The molecule has 2 aliphatic heterocycles. The first-order valence-electron chi connectivity index (χ1n) is 15.1. The van der Waals surface area contributed by atoms with E-state index in [1.54, 1.807) is 9.58 Å². The number of aromatic nitrogens is 6. The minimum Gasteiger partial charge on any atom is -0.488 e. The van der Waals surface area contributed by atoms with Crippen molar-refractivity contribution in [2.45, 2.75) is 25.1 Å². The number of carbonyl (C=O) groups excluding carboxylic acids is 2. The van der Waals surface area contributed by atoms with Crippen molar-refractivity contribution in [3.8, 4) is 22.6 Å². The highest BCUT2D eigenvalue weighted by atomic mass is 19.1. The molecule has 0 spiro atoms. The third-order valence-corrected chi connectivity index (χ3v) is 8.45. The van der Waals surface area contributed by atoms with E-state index in [4.69, 9.17) is 4.74 Å². The van der Waals surface area contributed by atoms with Gasteiger partial charge in [0.2, 0.25) is 11.8 Å². The Labute approximate surface area is 266 Å². The van der Waals surface area contributed by atoms with Gasteiger partial charge < -0.3 is 20.3 Å². The van der Waals surface area contributed by atoms with E-state index in [9.17, 15) is 18.4 Å². The number of benzene rings is 3. The Balaban J connectivity index is 1.17. The molecule has 6 bridgehead atoms. The standard InChI is InChI=1S/C33H27F2N9O3/c34-20-7-8-28(26(35)12-20)44-32-24(14-40-44)31(38-18-39-32)43-16-22-13-29(43)33(46)37-15-30(45)36-9-10-42-17-25-23(5-2-6-27(25)41-42)19-3-1-4-21(11-19)47-22/h1-8,11-12,14,17-18,22,29H,9-10,13,15-16H2,(H,36,45)(H,37,46)/t22-,29-/m0/s1. The van der Waals surface area contributed by atoms with Gasteiger partial charge in [0.05, 0.1) is 36.7 Å². The summed E-state index contributed by atoms with van der Waals surface area (Å²) >= 11 is 0. The van der Waals surface area contributed by atoms with E-state index in [1.165, 1.54) is 23.3 Å². The smallest absolute Gasteiger partial charge is 0.243 e. The van der Waals surface area contributed by atoms with Gasteiger partial charge in [-0.05, 0) is 41.5 Å². The highest BCUT2D eigenvalue weighted by Crippen LogP contribution is 2.35. The molecule has 2 atom stereocenters. The van der Waals surface area contributed by atoms with Gasteiger partial charge in [0.15, 0.2) is 11.5 Å². The summed E-state index contributed by atoms with van der Waals surface area (Å²) in [6.07, 6.45) is 4.62. The van der Waals surface area contributed by atoms with Crippen LogP contribution in [0.2, 0.25) is 0 Å². The Kier molecular flexibility index (Phi) is 6.96. The molecular formula is C33H27F2N9O3. The van der Waals surface area contributed by atoms with E-state index in [0.717, 1.165) is 34.2 Å². The fourth-order valence-electron chi connectivity index (χ4n) is 6.30. The first-order chi connectivity index (χ1) is 22.9. The summed E-state index contributed by atoms with van der Waals surface area (Å²) in [7, 11) is 0. The lowest BCUT2D eigenvalue weighted by Gasteiger charge is -2.24. The largest absolute Gasteiger partial charge is 0.488 e. The van der Waals surface area contributed by atoms with E-state index in [0.29, 0.717) is 36.5 Å². The van der Waals surface area contributed by atoms with Crippen molar-refractivity contribution >= 4 is 39.6 Å². The van der Waals surface area contributed by atoms with Crippen LogP contribution in [0.3, 0.4) is 0 Å². The fourth-order valence-corrected chi connectivity index (χ4v) is 6.30. The molecule has 12 nitrogen and oxygen atoms in total. The molecule has 0 unspecified atom stereocenters. The van der Waals surface area contributed by atoms with Gasteiger partial charge >= 0.3 is 0 Å². The van der Waals surface area contributed by atoms with Gasteiger partial charge in [-0.15, -0.1) is 0 Å². The Morgan fingerprint density at radius 2 is 1.85 bits per heavy atom. The monoisotopic (exact) mass is 635 g/mol. The quantitative estimate of drug-likeness (QED) is 0.296. The molecule has 1 fully saturated rings. The Bertz CT molecular complexity index is 2180. The van der Waals surface area contributed by atoms with Gasteiger partial charge in [0.25, 0.3) is 0 Å². The van der Waals surface area contributed by atoms with Crippen LogP contribution in [-0.2, 0) is 16.1 Å². The van der Waals surface area contributed by atoms with Gasteiger partial charge in [-0.1, -0.05) is 24.3 Å². The van der Waals surface area contributed by atoms with Gasteiger partial charge in [-0.2, -0.15) is 10.2 Å². The minimum absolute atomic E-state index is 0.0144. The molecule has 47 heavy (non-hydrogen) atoms. The summed E-state index contributed by atoms with van der Waals surface area (Å²) in [5.74, 6) is -1.21. The average Bonchev–Trinajstić information content (AvgIpc) is 3.80. The number of nitrogens with zero attached hydrogens (tertiary/aromatic N) is 7. The number of amides is 2. The second kappa shape index (κ2) is 11.5. The molecule has 1 saturated heterocycles. The molecule has 14 heteroatoms. The molecule has 236 valence electrons. The van der Waals surface area contributed by atoms with Crippen LogP contribution in [0.5, 0.6) is 5.75 Å². The summed E-state index contributed by atoms with van der Waals surface area (Å²) in [6.45, 7) is 0.840. The van der Waals surface area contributed by atoms with Crippen molar-refractivity contribution in [2.75, 3.05) is 24.5 Å². The van der Waals surface area contributed by atoms with Crippen molar-refractivity contribution in [1.82, 2.24) is 40.2 Å². The lowest BCUT2D eigenvalue weighted by atomic mass is 10.0. The molecule has 5 heterocycles. The van der Waals surface area contributed by atoms with E-state index in [2.05, 4.69) is 30.8 Å². The second-order valence-electron chi connectivity index (χ2n) is 11.5. The highest BCUT2D eigenvalue weighted by molar-refractivity contribution is 5.95. The van der Waals surface area contributed by atoms with Crippen molar-refractivity contribution in [3.05, 3.63) is 91.0 Å². The van der Waals surface area contributed by atoms with Gasteiger partial charge in [0, 0.05) is 30.6 Å². The van der Waals surface area contributed by atoms with E-state index in [-0.39, 0.29) is 36.2 Å². The molecule has 2 N–H and O–H groups in total. The topological polar surface area (TPSA) is 132 Å². The predicted octanol–water partition coefficient (Wildman–Crippen LogP) is 3.38. The van der Waals surface area contributed by atoms with Crippen LogP contribution in [0.4, 0.5) is 14.6 Å². The van der Waals surface area contributed by atoms with Crippen LogP contribution in [0.1, 0.15) is 6.42 Å². The predicted molar refractivity (Wildman–Crippen MR) is 168 cm³/mol. The first-order valence-corrected chi connectivity index (χ1v) is 15.1. The molecule has 6 aromatic rings. The normalized spacial score (nSPS) is 18.6. The van der Waals surface area contributed by atoms with Crippen LogP contribution in [-0.4, -0.2) is 73.1 Å². The average molecular weight is 636 g/mol. The molecule has 2 amide bonds. The molecule has 3 aromatic carbocycles. The fraction of sp³-hybridized carbons (Fsp3) is 0.212. The number of halogens is 2. The van der Waals surface area contributed by atoms with Crippen LogP contribution >= 0.6 is 0 Å². The Hall–Kier alpha value is -5.92. The number of fused-ring (bicyclic) bond motifs is 7. The number of hydrogen-bond acceptors (Lipinski definition) is 8. The SMILES string of the molecule is O=C1CNC(=O)[C@@H]2C[C@@H](CN2c2ncnc3c2cnn3-c2ccc(F)cc2F)Oc2cccc(c2)-c2cccc3nn(cc23)CCN1. The van der Waals surface area contributed by atoms with Crippen molar-refractivity contribution in [1.29, 1.82) is 0 Å². The van der Waals surface area contributed by atoms with Crippen molar-refractivity contribution in [3.63, 3.8) is 0 Å². The van der Waals surface area contributed by atoms with Gasteiger partial charge in [-0.3, -0.25) is 14.3 Å². The summed E-state index contributed by atoms with van der Waals surface area (Å²) in [5, 5.41) is 16.0. The molecule has 0 saturated carbocycles. The number of hydrogen-bond donors (Lipinski definition) is 2. The lowest BCUT2D eigenvalue weighted by molar-refractivity contribution is -0.126. The third-order valence-electron chi connectivity index (χ3n) is 8.45. The molecule has 0 radical (unpaired) electrons. The Morgan fingerprint density at radius 3 is 2.74 bits per heavy atom. The number of ether oxygens (including phenoxy) is 1. The van der Waals surface area contributed by atoms with Crippen molar-refractivity contribution < 1.29 is 23.1 Å². The summed E-state index contributed by atoms with van der Waals surface area (Å²) in [5.41, 5.74) is 3.07. The van der Waals surface area contributed by atoms with Crippen LogP contribution in [0.25, 0.3) is 38.8 Å². The zero-order chi connectivity index (χ0) is 32.1. The summed E-state index contributed by atoms with van der Waals surface area (Å²) < 4.78 is 37.9. The van der Waals surface area contributed by atoms with E-state index >= 15 is 0 Å². The number of anilines is 1. The van der Waals surface area contributed by atoms with Crippen LogP contribution in [0, 0.1) is 11.6 Å². The second-order valence-corrected chi connectivity index (χ2v) is 11.5. The maximum absolute atomic E-state index is 14.7. The Morgan fingerprint density at radius 1 is 0.957 bits per heavy atom. The highest BCUT2D eigenvalue weighted by Gasteiger charge is 2.40. The lowest BCUT2D eigenvalue weighted by Crippen LogP contribution is -2.47. The maximum atomic E-state index is 14.7. The summed E-state index contributed by atoms with van der Waals surface area (Å²) in [4.78, 5) is 37.0. The van der Waals surface area contributed by atoms with E-state index < -0.39 is 23.8 Å². The number of carbonyl (C=O) groups is 2. The van der Waals surface area contributed by atoms with Gasteiger partial charge in [0.1, 0.15) is 41.5 Å².